The van der Waals surface area contributed by atoms with Gasteiger partial charge in [-0.05, 0) is 67.1 Å². The molecule has 1 saturated heterocycles. The average molecular weight is 437 g/mol. The smallest absolute Gasteiger partial charge is 0.161 e. The third-order valence-corrected chi connectivity index (χ3v) is 6.68. The molecule has 4 nitrogen and oxygen atoms in total. The Bertz CT molecular complexity index is 949. The summed E-state index contributed by atoms with van der Waals surface area (Å²) in [4.78, 5) is 3.99. The van der Waals surface area contributed by atoms with E-state index in [1.54, 1.807) is 0 Å². The van der Waals surface area contributed by atoms with Crippen molar-refractivity contribution in [3.05, 3.63) is 81.5 Å². The van der Waals surface area contributed by atoms with Crippen LogP contribution >= 0.6 is 11.3 Å². The first-order valence-electron chi connectivity index (χ1n) is 11.2. The number of thiophene rings is 1. The van der Waals surface area contributed by atoms with Gasteiger partial charge in [0.25, 0.3) is 0 Å². The topological polar surface area (TPSA) is 33.7 Å². The van der Waals surface area contributed by atoms with Crippen molar-refractivity contribution in [1.29, 1.82) is 0 Å². The quantitative estimate of drug-likeness (QED) is 0.511. The van der Waals surface area contributed by atoms with Gasteiger partial charge >= 0.3 is 0 Å². The molecule has 5 heteroatoms. The fourth-order valence-corrected chi connectivity index (χ4v) is 5.15. The van der Waals surface area contributed by atoms with Crippen LogP contribution in [0.5, 0.6) is 11.5 Å². The third kappa shape index (κ3) is 5.67. The lowest BCUT2D eigenvalue weighted by atomic mass is 10.0. The van der Waals surface area contributed by atoms with E-state index in [1.807, 2.05) is 36.5 Å². The van der Waals surface area contributed by atoms with Crippen LogP contribution in [0.4, 0.5) is 0 Å². The Balaban J connectivity index is 1.63. The highest BCUT2D eigenvalue weighted by molar-refractivity contribution is 7.10. The maximum Gasteiger partial charge on any atom is 0.161 e. The van der Waals surface area contributed by atoms with Crippen molar-refractivity contribution in [1.82, 2.24) is 10.2 Å². The van der Waals surface area contributed by atoms with Gasteiger partial charge in [0.1, 0.15) is 6.61 Å². The second kappa shape index (κ2) is 10.8. The number of ether oxygens (including phenoxy) is 2. The van der Waals surface area contributed by atoms with Crippen LogP contribution in [-0.2, 0) is 6.61 Å². The highest BCUT2D eigenvalue weighted by Crippen LogP contribution is 2.38. The van der Waals surface area contributed by atoms with Crippen molar-refractivity contribution in [3.8, 4) is 11.5 Å². The van der Waals surface area contributed by atoms with Crippen LogP contribution in [0.2, 0.25) is 0 Å². The normalized spacial score (nSPS) is 15.9. The van der Waals surface area contributed by atoms with E-state index in [0.717, 1.165) is 49.7 Å². The van der Waals surface area contributed by atoms with Gasteiger partial charge in [-0.15, -0.1) is 11.3 Å². The van der Waals surface area contributed by atoms with Gasteiger partial charge in [-0.25, -0.2) is 0 Å². The number of hydrogen-bond donors (Lipinski definition) is 1. The largest absolute Gasteiger partial charge is 0.490 e. The van der Waals surface area contributed by atoms with Crippen molar-refractivity contribution >= 4 is 11.3 Å². The maximum atomic E-state index is 6.14. The van der Waals surface area contributed by atoms with Gasteiger partial charge in [0.05, 0.1) is 12.6 Å². The standard InChI is InChI=1S/C26H32N2O2S/c1-3-29-24-17-22(10-11-23(24)30-18-21-8-5-4-6-9-21)26(25-16-20(2)19-31-25)28-14-7-12-27-13-15-28/h4-6,8-11,16-17,19,26-27H,3,7,12-15,18H2,1-2H3. The molecule has 1 N–H and O–H groups in total. The zero-order valence-corrected chi connectivity index (χ0v) is 19.3. The highest BCUT2D eigenvalue weighted by atomic mass is 32.1. The number of rotatable bonds is 8. The Morgan fingerprint density at radius 2 is 1.87 bits per heavy atom. The van der Waals surface area contributed by atoms with Crippen LogP contribution in [0.3, 0.4) is 0 Å². The SMILES string of the molecule is CCOc1cc(C(c2cc(C)cs2)N2CCCNCC2)ccc1OCc1ccccc1. The number of benzene rings is 2. The van der Waals surface area contributed by atoms with E-state index >= 15 is 0 Å². The average Bonchev–Trinajstić information content (AvgIpc) is 3.04. The number of hydrogen-bond acceptors (Lipinski definition) is 5. The summed E-state index contributed by atoms with van der Waals surface area (Å²) in [6, 6.07) is 19.3. The van der Waals surface area contributed by atoms with Crippen molar-refractivity contribution in [2.45, 2.75) is 32.9 Å². The number of aryl methyl sites for hydroxylation is 1. The van der Waals surface area contributed by atoms with Crippen LogP contribution < -0.4 is 14.8 Å². The van der Waals surface area contributed by atoms with Gasteiger partial charge in [-0.1, -0.05) is 36.4 Å². The lowest BCUT2D eigenvalue weighted by Crippen LogP contribution is -2.32. The van der Waals surface area contributed by atoms with Crippen molar-refractivity contribution in [2.24, 2.45) is 0 Å². The Kier molecular flexibility index (Phi) is 7.62. The molecule has 1 fully saturated rings. The van der Waals surface area contributed by atoms with Crippen LogP contribution in [0.1, 0.15) is 41.0 Å². The minimum Gasteiger partial charge on any atom is -0.490 e. The van der Waals surface area contributed by atoms with E-state index in [2.05, 4.69) is 58.9 Å². The molecule has 0 radical (unpaired) electrons. The highest BCUT2D eigenvalue weighted by Gasteiger charge is 2.25. The second-order valence-corrected chi connectivity index (χ2v) is 8.92. The van der Waals surface area contributed by atoms with E-state index < -0.39 is 0 Å². The molecule has 1 aromatic heterocycles. The molecule has 164 valence electrons. The Morgan fingerprint density at radius 3 is 2.65 bits per heavy atom. The van der Waals surface area contributed by atoms with Gasteiger partial charge in [-0.3, -0.25) is 4.90 Å². The summed E-state index contributed by atoms with van der Waals surface area (Å²) in [5, 5.41) is 5.78. The zero-order valence-electron chi connectivity index (χ0n) is 18.5. The van der Waals surface area contributed by atoms with Crippen LogP contribution in [0.15, 0.2) is 60.0 Å². The molecule has 1 unspecified atom stereocenters. The van der Waals surface area contributed by atoms with Crippen LogP contribution in [0, 0.1) is 6.92 Å². The summed E-state index contributed by atoms with van der Waals surface area (Å²) >= 11 is 1.85. The monoisotopic (exact) mass is 436 g/mol. The Morgan fingerprint density at radius 1 is 1.00 bits per heavy atom. The van der Waals surface area contributed by atoms with Crippen molar-refractivity contribution in [3.63, 3.8) is 0 Å². The van der Waals surface area contributed by atoms with E-state index in [0.29, 0.717) is 13.2 Å². The third-order valence-electron chi connectivity index (χ3n) is 5.58. The van der Waals surface area contributed by atoms with E-state index in [4.69, 9.17) is 9.47 Å². The summed E-state index contributed by atoms with van der Waals surface area (Å²) < 4.78 is 12.2. The minimum atomic E-state index is 0.237. The Hall–Kier alpha value is -2.34. The molecular formula is C26H32N2O2S. The van der Waals surface area contributed by atoms with E-state index in [1.165, 1.54) is 16.0 Å². The summed E-state index contributed by atoms with van der Waals surface area (Å²) in [5.74, 6) is 1.62. The Labute approximate surface area is 189 Å². The molecule has 0 amide bonds. The van der Waals surface area contributed by atoms with Gasteiger partial charge in [0.15, 0.2) is 11.5 Å². The lowest BCUT2D eigenvalue weighted by molar-refractivity contribution is 0.241. The predicted molar refractivity (Wildman–Crippen MR) is 128 cm³/mol. The van der Waals surface area contributed by atoms with Gasteiger partial charge < -0.3 is 14.8 Å². The molecule has 4 rings (SSSR count). The van der Waals surface area contributed by atoms with E-state index in [9.17, 15) is 0 Å². The van der Waals surface area contributed by atoms with Gasteiger partial charge in [-0.2, -0.15) is 0 Å². The lowest BCUT2D eigenvalue weighted by Gasteiger charge is -2.30. The molecule has 0 saturated carbocycles. The molecule has 3 aromatic rings. The minimum absolute atomic E-state index is 0.237. The summed E-state index contributed by atoms with van der Waals surface area (Å²) in [6.07, 6.45) is 1.16. The van der Waals surface area contributed by atoms with Crippen molar-refractivity contribution < 1.29 is 9.47 Å². The summed E-state index contributed by atoms with van der Waals surface area (Å²) in [7, 11) is 0. The molecule has 2 aromatic carbocycles. The molecule has 31 heavy (non-hydrogen) atoms. The van der Waals surface area contributed by atoms with E-state index in [-0.39, 0.29) is 6.04 Å². The molecule has 1 aliphatic heterocycles. The van der Waals surface area contributed by atoms with Gasteiger partial charge in [0.2, 0.25) is 0 Å². The fraction of sp³-hybridized carbons (Fsp3) is 0.385. The van der Waals surface area contributed by atoms with Crippen LogP contribution in [-0.4, -0.2) is 37.7 Å². The zero-order chi connectivity index (χ0) is 21.5. The number of nitrogens with zero attached hydrogens (tertiary/aromatic N) is 1. The molecular weight excluding hydrogens is 404 g/mol. The first kappa shape index (κ1) is 21.9. The number of nitrogens with one attached hydrogen (secondary N) is 1. The predicted octanol–water partition coefficient (Wildman–Crippen LogP) is 5.42. The van der Waals surface area contributed by atoms with Gasteiger partial charge in [0, 0.05) is 24.5 Å². The molecule has 1 aliphatic rings. The molecule has 2 heterocycles. The summed E-state index contributed by atoms with van der Waals surface area (Å²) in [6.45, 7) is 9.58. The summed E-state index contributed by atoms with van der Waals surface area (Å²) in [5.41, 5.74) is 3.74. The maximum absolute atomic E-state index is 6.14. The second-order valence-electron chi connectivity index (χ2n) is 7.98. The van der Waals surface area contributed by atoms with Crippen molar-refractivity contribution in [2.75, 3.05) is 32.8 Å². The molecule has 0 bridgehead atoms. The van der Waals surface area contributed by atoms with Crippen LogP contribution in [0.25, 0.3) is 0 Å². The fourth-order valence-electron chi connectivity index (χ4n) is 4.09. The molecule has 1 atom stereocenters. The first-order valence-corrected chi connectivity index (χ1v) is 12.1. The molecule has 0 aliphatic carbocycles. The first-order chi connectivity index (χ1) is 15.2. The molecule has 0 spiro atoms.